The third-order valence-corrected chi connectivity index (χ3v) is 1.89. The van der Waals surface area contributed by atoms with Crippen molar-refractivity contribution >= 4 is 17.6 Å². The summed E-state index contributed by atoms with van der Waals surface area (Å²) in [6, 6.07) is 5.15. The number of ether oxygens (including phenoxy) is 2. The Labute approximate surface area is 108 Å². The van der Waals surface area contributed by atoms with Gasteiger partial charge in [0.1, 0.15) is 5.75 Å². The minimum absolute atomic E-state index is 0.0210. The van der Waals surface area contributed by atoms with Gasteiger partial charge in [-0.15, -0.1) is 0 Å². The molecule has 1 rings (SSSR count). The fourth-order valence-electron chi connectivity index (χ4n) is 1.14. The van der Waals surface area contributed by atoms with Gasteiger partial charge in [-0.05, 0) is 13.0 Å². The monoisotopic (exact) mass is 265 g/mol. The first-order chi connectivity index (χ1) is 9.02. The summed E-state index contributed by atoms with van der Waals surface area (Å²) >= 11 is 0. The van der Waals surface area contributed by atoms with Gasteiger partial charge in [0.25, 0.3) is 5.69 Å². The SMILES string of the molecule is CCOC(=O)/C=C/C(=O)Oc1cccc([N+](=O)[O-])c1. The lowest BCUT2D eigenvalue weighted by atomic mass is 10.3. The third kappa shape index (κ3) is 4.99. The zero-order valence-corrected chi connectivity index (χ0v) is 10.1. The van der Waals surface area contributed by atoms with Crippen LogP contribution in [0.25, 0.3) is 0 Å². The van der Waals surface area contributed by atoms with Crippen molar-refractivity contribution in [2.24, 2.45) is 0 Å². The number of nitro groups is 1. The number of hydrogen-bond donors (Lipinski definition) is 0. The lowest BCUT2D eigenvalue weighted by molar-refractivity contribution is -0.384. The van der Waals surface area contributed by atoms with Crippen LogP contribution >= 0.6 is 0 Å². The van der Waals surface area contributed by atoms with Crippen molar-refractivity contribution in [3.05, 3.63) is 46.5 Å². The topological polar surface area (TPSA) is 95.7 Å². The summed E-state index contributed by atoms with van der Waals surface area (Å²) in [6.45, 7) is 1.83. The highest BCUT2D eigenvalue weighted by atomic mass is 16.6. The highest BCUT2D eigenvalue weighted by molar-refractivity contribution is 5.92. The molecule has 1 aromatic carbocycles. The zero-order valence-electron chi connectivity index (χ0n) is 10.1. The van der Waals surface area contributed by atoms with Crippen LogP contribution in [-0.4, -0.2) is 23.5 Å². The van der Waals surface area contributed by atoms with Crippen molar-refractivity contribution in [2.45, 2.75) is 6.92 Å². The van der Waals surface area contributed by atoms with Gasteiger partial charge in [0.2, 0.25) is 0 Å². The predicted octanol–water partition coefficient (Wildman–Crippen LogP) is 1.62. The van der Waals surface area contributed by atoms with Crippen molar-refractivity contribution in [1.82, 2.24) is 0 Å². The standard InChI is InChI=1S/C12H11NO6/c1-2-18-11(14)6-7-12(15)19-10-5-3-4-9(8-10)13(16)17/h3-8H,2H2,1H3/b7-6+. The minimum atomic E-state index is -0.825. The molecule has 0 aliphatic rings. The van der Waals surface area contributed by atoms with Gasteiger partial charge in [-0.3, -0.25) is 10.1 Å². The molecule has 0 aliphatic heterocycles. The molecule has 0 saturated carbocycles. The first-order valence-corrected chi connectivity index (χ1v) is 5.34. The largest absolute Gasteiger partial charge is 0.463 e. The quantitative estimate of drug-likeness (QED) is 0.264. The Bertz CT molecular complexity index is 523. The van der Waals surface area contributed by atoms with Crippen LogP contribution in [-0.2, 0) is 14.3 Å². The average molecular weight is 265 g/mol. The van der Waals surface area contributed by atoms with Crippen LogP contribution in [0.2, 0.25) is 0 Å². The molecule has 0 amide bonds. The molecule has 1 aromatic rings. The van der Waals surface area contributed by atoms with Crippen molar-refractivity contribution in [3.8, 4) is 5.75 Å². The molecule has 0 radical (unpaired) electrons. The molecule has 0 atom stereocenters. The Morgan fingerprint density at radius 3 is 2.63 bits per heavy atom. The fourth-order valence-corrected chi connectivity index (χ4v) is 1.14. The summed E-state index contributed by atoms with van der Waals surface area (Å²) in [5, 5.41) is 10.5. The molecule has 0 spiro atoms. The molecular weight excluding hydrogens is 254 g/mol. The zero-order chi connectivity index (χ0) is 14.3. The molecule has 100 valence electrons. The number of esters is 2. The molecule has 19 heavy (non-hydrogen) atoms. The molecule has 0 bridgehead atoms. The Morgan fingerprint density at radius 2 is 2.00 bits per heavy atom. The summed E-state index contributed by atoms with van der Waals surface area (Å²) in [6.07, 6.45) is 1.81. The van der Waals surface area contributed by atoms with E-state index in [9.17, 15) is 19.7 Å². The molecule has 0 aliphatic carbocycles. The maximum absolute atomic E-state index is 11.3. The van der Waals surface area contributed by atoms with Crippen molar-refractivity contribution in [1.29, 1.82) is 0 Å². The van der Waals surface area contributed by atoms with Crippen LogP contribution < -0.4 is 4.74 Å². The van der Waals surface area contributed by atoms with Crippen LogP contribution in [0.15, 0.2) is 36.4 Å². The molecule has 0 N–H and O–H groups in total. The van der Waals surface area contributed by atoms with Gasteiger partial charge in [0.15, 0.2) is 0 Å². The predicted molar refractivity (Wildman–Crippen MR) is 64.5 cm³/mol. The number of carbonyl (C=O) groups excluding carboxylic acids is 2. The lowest BCUT2D eigenvalue weighted by Gasteiger charge is -2.00. The lowest BCUT2D eigenvalue weighted by Crippen LogP contribution is -2.06. The summed E-state index contributed by atoms with van der Waals surface area (Å²) in [4.78, 5) is 32.2. The normalized spacial score (nSPS) is 10.2. The van der Waals surface area contributed by atoms with E-state index < -0.39 is 16.9 Å². The summed E-state index contributed by atoms with van der Waals surface area (Å²) in [5.41, 5.74) is -0.195. The van der Waals surface area contributed by atoms with Crippen LogP contribution in [0.5, 0.6) is 5.75 Å². The fraction of sp³-hybridized carbons (Fsp3) is 0.167. The summed E-state index contributed by atoms with van der Waals surface area (Å²) < 4.78 is 9.37. The van der Waals surface area contributed by atoms with Crippen LogP contribution in [0, 0.1) is 10.1 Å². The Hall–Kier alpha value is -2.70. The van der Waals surface area contributed by atoms with Gasteiger partial charge in [-0.2, -0.15) is 0 Å². The number of nitro benzene ring substituents is 1. The maximum atomic E-state index is 11.3. The number of carbonyl (C=O) groups is 2. The molecule has 0 fully saturated rings. The van der Waals surface area contributed by atoms with Gasteiger partial charge >= 0.3 is 11.9 Å². The third-order valence-electron chi connectivity index (χ3n) is 1.89. The highest BCUT2D eigenvalue weighted by Crippen LogP contribution is 2.19. The number of nitrogens with zero attached hydrogens (tertiary/aromatic N) is 1. The molecule has 0 heterocycles. The number of rotatable bonds is 5. The molecule has 0 aromatic heterocycles. The Morgan fingerprint density at radius 1 is 1.32 bits per heavy atom. The van der Waals surface area contributed by atoms with Gasteiger partial charge in [-0.1, -0.05) is 6.07 Å². The molecule has 7 nitrogen and oxygen atoms in total. The molecular formula is C12H11NO6. The number of benzene rings is 1. The second-order valence-electron chi connectivity index (χ2n) is 3.26. The molecule has 0 unspecified atom stereocenters. The van der Waals surface area contributed by atoms with E-state index in [1.54, 1.807) is 6.92 Å². The van der Waals surface area contributed by atoms with Crippen LogP contribution in [0.1, 0.15) is 6.92 Å². The minimum Gasteiger partial charge on any atom is -0.463 e. The summed E-state index contributed by atoms with van der Waals surface area (Å²) in [5.74, 6) is -1.47. The van der Waals surface area contributed by atoms with E-state index in [4.69, 9.17) is 4.74 Å². The van der Waals surface area contributed by atoms with Crippen LogP contribution in [0.4, 0.5) is 5.69 Å². The van der Waals surface area contributed by atoms with E-state index in [2.05, 4.69) is 4.74 Å². The Balaban J connectivity index is 2.64. The van der Waals surface area contributed by atoms with Crippen molar-refractivity contribution < 1.29 is 24.0 Å². The van der Waals surface area contributed by atoms with Crippen molar-refractivity contribution in [3.63, 3.8) is 0 Å². The van der Waals surface area contributed by atoms with Crippen LogP contribution in [0.3, 0.4) is 0 Å². The van der Waals surface area contributed by atoms with Gasteiger partial charge in [0, 0.05) is 18.2 Å². The van der Waals surface area contributed by atoms with Crippen molar-refractivity contribution in [2.75, 3.05) is 6.61 Å². The van der Waals surface area contributed by atoms with E-state index in [-0.39, 0.29) is 18.0 Å². The van der Waals surface area contributed by atoms with E-state index in [1.165, 1.54) is 18.2 Å². The second kappa shape index (κ2) is 6.90. The molecule has 7 heteroatoms. The second-order valence-corrected chi connectivity index (χ2v) is 3.26. The number of non-ortho nitro benzene ring substituents is 1. The van der Waals surface area contributed by atoms with E-state index >= 15 is 0 Å². The smallest absolute Gasteiger partial charge is 0.336 e. The van der Waals surface area contributed by atoms with Gasteiger partial charge < -0.3 is 9.47 Å². The number of hydrogen-bond acceptors (Lipinski definition) is 6. The summed E-state index contributed by atoms with van der Waals surface area (Å²) in [7, 11) is 0. The van der Waals surface area contributed by atoms with Gasteiger partial charge in [0.05, 0.1) is 17.6 Å². The Kier molecular flexibility index (Phi) is 5.21. The first kappa shape index (κ1) is 14.4. The average Bonchev–Trinajstić information content (AvgIpc) is 2.37. The highest BCUT2D eigenvalue weighted by Gasteiger charge is 2.08. The van der Waals surface area contributed by atoms with Gasteiger partial charge in [-0.25, -0.2) is 9.59 Å². The van der Waals surface area contributed by atoms with E-state index in [0.717, 1.165) is 18.2 Å². The van der Waals surface area contributed by atoms with E-state index in [1.807, 2.05) is 0 Å². The molecule has 0 saturated heterocycles. The maximum Gasteiger partial charge on any atom is 0.336 e. The first-order valence-electron chi connectivity index (χ1n) is 5.34. The van der Waals surface area contributed by atoms with E-state index in [0.29, 0.717) is 0 Å².